The lowest BCUT2D eigenvalue weighted by molar-refractivity contribution is -0.130. The molecular formula is C24H31FIN5O. The molecular weight excluding hydrogens is 520 g/mol. The summed E-state index contributed by atoms with van der Waals surface area (Å²) in [6, 6.07) is 17.1. The van der Waals surface area contributed by atoms with Crippen molar-refractivity contribution >= 4 is 41.5 Å². The van der Waals surface area contributed by atoms with Gasteiger partial charge in [0.05, 0.1) is 6.54 Å². The molecule has 8 heteroatoms. The maximum atomic E-state index is 13.6. The van der Waals surface area contributed by atoms with Gasteiger partial charge in [-0.3, -0.25) is 9.79 Å². The largest absolute Gasteiger partial charge is 0.368 e. The first-order valence-corrected chi connectivity index (χ1v) is 10.9. The summed E-state index contributed by atoms with van der Waals surface area (Å²) in [5.41, 5.74) is 2.17. The van der Waals surface area contributed by atoms with Gasteiger partial charge in [0.2, 0.25) is 5.91 Å². The van der Waals surface area contributed by atoms with Crippen LogP contribution in [0.25, 0.3) is 0 Å². The molecule has 0 spiro atoms. The van der Waals surface area contributed by atoms with E-state index in [0.29, 0.717) is 25.6 Å². The van der Waals surface area contributed by atoms with E-state index in [2.05, 4.69) is 32.7 Å². The van der Waals surface area contributed by atoms with Crippen molar-refractivity contribution in [2.24, 2.45) is 4.99 Å². The third-order valence-electron chi connectivity index (χ3n) is 6.27. The maximum absolute atomic E-state index is 13.6. The van der Waals surface area contributed by atoms with Gasteiger partial charge in [0, 0.05) is 50.9 Å². The summed E-state index contributed by atoms with van der Waals surface area (Å²) in [4.78, 5) is 21.1. The molecule has 0 atom stereocenters. The second-order valence-electron chi connectivity index (χ2n) is 8.27. The van der Waals surface area contributed by atoms with Crippen LogP contribution in [0.1, 0.15) is 18.4 Å². The van der Waals surface area contributed by atoms with Crippen LogP contribution in [0.3, 0.4) is 0 Å². The van der Waals surface area contributed by atoms with Crippen molar-refractivity contribution < 1.29 is 9.18 Å². The topological polar surface area (TPSA) is 60.0 Å². The van der Waals surface area contributed by atoms with Crippen LogP contribution < -0.4 is 15.5 Å². The first-order chi connectivity index (χ1) is 15.1. The number of para-hydroxylation sites is 1. The van der Waals surface area contributed by atoms with Crippen molar-refractivity contribution in [2.75, 3.05) is 51.2 Å². The second-order valence-corrected chi connectivity index (χ2v) is 8.27. The Labute approximate surface area is 206 Å². The van der Waals surface area contributed by atoms with Gasteiger partial charge in [-0.2, -0.15) is 0 Å². The first kappa shape index (κ1) is 24.3. The van der Waals surface area contributed by atoms with E-state index in [1.807, 2.05) is 29.2 Å². The highest BCUT2D eigenvalue weighted by atomic mass is 127. The minimum Gasteiger partial charge on any atom is -0.368 e. The Hall–Kier alpha value is -2.36. The molecule has 1 amide bonds. The van der Waals surface area contributed by atoms with Crippen molar-refractivity contribution in [3.05, 3.63) is 66.0 Å². The predicted molar refractivity (Wildman–Crippen MR) is 137 cm³/mol. The van der Waals surface area contributed by atoms with Crippen LogP contribution in [0.4, 0.5) is 10.1 Å². The van der Waals surface area contributed by atoms with Gasteiger partial charge in [-0.15, -0.1) is 24.0 Å². The van der Waals surface area contributed by atoms with Crippen LogP contribution in [0.15, 0.2) is 59.6 Å². The highest BCUT2D eigenvalue weighted by molar-refractivity contribution is 14.0. The number of rotatable bonds is 6. The minimum absolute atomic E-state index is 0. The number of hydrogen-bond donors (Lipinski definition) is 2. The summed E-state index contributed by atoms with van der Waals surface area (Å²) in [6.07, 6.45) is 2.04. The lowest BCUT2D eigenvalue weighted by atomic mass is 9.96. The number of piperazine rings is 1. The SMILES string of the molecule is CN=C(NCC(=O)N1CCN(c2ccccc2)CC1)NCC1(c2cccc(F)c2)CC1.I. The molecule has 2 N–H and O–H groups in total. The summed E-state index contributed by atoms with van der Waals surface area (Å²) in [6.45, 7) is 3.96. The van der Waals surface area contributed by atoms with Crippen LogP contribution in [0, 0.1) is 5.82 Å². The van der Waals surface area contributed by atoms with Crippen molar-refractivity contribution in [3.8, 4) is 0 Å². The summed E-state index contributed by atoms with van der Waals surface area (Å²) in [7, 11) is 1.69. The third kappa shape index (κ3) is 5.90. The van der Waals surface area contributed by atoms with E-state index in [4.69, 9.17) is 0 Å². The first-order valence-electron chi connectivity index (χ1n) is 10.9. The Bertz CT molecular complexity index is 927. The fourth-order valence-electron chi connectivity index (χ4n) is 4.13. The van der Waals surface area contributed by atoms with Crippen molar-refractivity contribution in [1.29, 1.82) is 0 Å². The lowest BCUT2D eigenvalue weighted by Gasteiger charge is -2.36. The van der Waals surface area contributed by atoms with Gasteiger partial charge in [0.1, 0.15) is 5.82 Å². The van der Waals surface area contributed by atoms with Crippen LogP contribution in [0.5, 0.6) is 0 Å². The van der Waals surface area contributed by atoms with E-state index in [0.717, 1.165) is 31.5 Å². The average molecular weight is 551 g/mol. The number of anilines is 1. The quantitative estimate of drug-likeness (QED) is 0.330. The summed E-state index contributed by atoms with van der Waals surface area (Å²) in [5, 5.41) is 6.45. The number of carbonyl (C=O) groups excluding carboxylic acids is 1. The fourth-order valence-corrected chi connectivity index (χ4v) is 4.13. The van der Waals surface area contributed by atoms with E-state index < -0.39 is 0 Å². The molecule has 0 aromatic heterocycles. The monoisotopic (exact) mass is 551 g/mol. The zero-order valence-electron chi connectivity index (χ0n) is 18.4. The van der Waals surface area contributed by atoms with Gasteiger partial charge in [-0.05, 0) is 42.7 Å². The molecule has 1 heterocycles. The summed E-state index contributed by atoms with van der Waals surface area (Å²) >= 11 is 0. The highest BCUT2D eigenvalue weighted by Gasteiger charge is 2.44. The van der Waals surface area contributed by atoms with E-state index in [1.165, 1.54) is 11.8 Å². The molecule has 0 unspecified atom stereocenters. The smallest absolute Gasteiger partial charge is 0.242 e. The van der Waals surface area contributed by atoms with Crippen LogP contribution >= 0.6 is 24.0 Å². The van der Waals surface area contributed by atoms with Crippen molar-refractivity contribution in [1.82, 2.24) is 15.5 Å². The number of nitrogens with one attached hydrogen (secondary N) is 2. The molecule has 2 fully saturated rings. The van der Waals surface area contributed by atoms with Gasteiger partial charge in [-0.25, -0.2) is 4.39 Å². The molecule has 1 aliphatic heterocycles. The molecule has 1 saturated heterocycles. The molecule has 6 nitrogen and oxygen atoms in total. The van der Waals surface area contributed by atoms with E-state index in [1.54, 1.807) is 19.2 Å². The fraction of sp³-hybridized carbons (Fsp3) is 0.417. The molecule has 0 bridgehead atoms. The molecule has 2 aromatic carbocycles. The Kier molecular flexibility index (Phi) is 8.33. The number of hydrogen-bond acceptors (Lipinski definition) is 3. The molecule has 1 aliphatic carbocycles. The number of carbonyl (C=O) groups is 1. The Morgan fingerprint density at radius 1 is 1.03 bits per heavy atom. The predicted octanol–water partition coefficient (Wildman–Crippen LogP) is 2.99. The normalized spacial score (nSPS) is 17.4. The standard InChI is InChI=1S/C24H30FN5O.HI/c1-26-23(28-18-24(10-11-24)19-6-5-7-20(25)16-19)27-17-22(31)30-14-12-29(13-15-30)21-8-3-2-4-9-21;/h2-9,16H,10-15,17-18H2,1H3,(H2,26,27,28);1H. The summed E-state index contributed by atoms with van der Waals surface area (Å²) in [5.74, 6) is 0.463. The van der Waals surface area contributed by atoms with Gasteiger partial charge >= 0.3 is 0 Å². The van der Waals surface area contributed by atoms with Crippen LogP contribution in [-0.4, -0.2) is 63.1 Å². The van der Waals surface area contributed by atoms with Crippen molar-refractivity contribution in [3.63, 3.8) is 0 Å². The van der Waals surface area contributed by atoms with E-state index in [-0.39, 0.29) is 47.7 Å². The van der Waals surface area contributed by atoms with Crippen molar-refractivity contribution in [2.45, 2.75) is 18.3 Å². The lowest BCUT2D eigenvalue weighted by Crippen LogP contribution is -2.52. The average Bonchev–Trinajstić information content (AvgIpc) is 3.61. The summed E-state index contributed by atoms with van der Waals surface area (Å²) < 4.78 is 13.6. The Morgan fingerprint density at radius 3 is 2.38 bits per heavy atom. The molecule has 172 valence electrons. The second kappa shape index (κ2) is 11.0. The van der Waals surface area contributed by atoms with Crippen LogP contribution in [-0.2, 0) is 10.2 Å². The zero-order valence-corrected chi connectivity index (χ0v) is 20.7. The number of amides is 1. The molecule has 0 radical (unpaired) electrons. The number of halogens is 2. The van der Waals surface area contributed by atoms with Gasteiger partial charge < -0.3 is 20.4 Å². The highest BCUT2D eigenvalue weighted by Crippen LogP contribution is 2.47. The maximum Gasteiger partial charge on any atom is 0.242 e. The molecule has 2 aliphatic rings. The van der Waals surface area contributed by atoms with Crippen LogP contribution in [0.2, 0.25) is 0 Å². The van der Waals surface area contributed by atoms with Gasteiger partial charge in [-0.1, -0.05) is 30.3 Å². The molecule has 4 rings (SSSR count). The zero-order chi connectivity index (χ0) is 21.7. The Balaban J connectivity index is 0.00000289. The number of guanidine groups is 1. The molecule has 32 heavy (non-hydrogen) atoms. The van der Waals surface area contributed by atoms with Gasteiger partial charge in [0.25, 0.3) is 0 Å². The molecule has 2 aromatic rings. The van der Waals surface area contributed by atoms with E-state index >= 15 is 0 Å². The Morgan fingerprint density at radius 2 is 1.75 bits per heavy atom. The van der Waals surface area contributed by atoms with Gasteiger partial charge in [0.15, 0.2) is 5.96 Å². The number of benzene rings is 2. The molecule has 1 saturated carbocycles. The minimum atomic E-state index is -0.204. The number of aliphatic imine (C=N–C) groups is 1. The number of nitrogens with zero attached hydrogens (tertiary/aromatic N) is 3. The van der Waals surface area contributed by atoms with E-state index in [9.17, 15) is 9.18 Å². The third-order valence-corrected chi connectivity index (χ3v) is 6.27.